The van der Waals surface area contributed by atoms with Crippen molar-refractivity contribution >= 4 is 22.7 Å². The zero-order chi connectivity index (χ0) is 15.6. The van der Waals surface area contributed by atoms with Crippen LogP contribution in [0, 0.1) is 13.8 Å². The van der Waals surface area contributed by atoms with Crippen molar-refractivity contribution in [1.29, 1.82) is 0 Å². The van der Waals surface area contributed by atoms with Crippen molar-refractivity contribution in [3.05, 3.63) is 28.8 Å². The number of rotatable bonds is 4. The van der Waals surface area contributed by atoms with Gasteiger partial charge in [-0.2, -0.15) is 0 Å². The van der Waals surface area contributed by atoms with Gasteiger partial charge in [0, 0.05) is 23.3 Å². The van der Waals surface area contributed by atoms with Crippen molar-refractivity contribution < 1.29 is 9.00 Å². The summed E-state index contributed by atoms with van der Waals surface area (Å²) in [6.07, 6.45) is 1.61. The van der Waals surface area contributed by atoms with Gasteiger partial charge in [0.25, 0.3) is 5.91 Å². The molecule has 0 aliphatic rings. The number of carbonyl (C=O) groups excluding carboxylic acids is 1. The van der Waals surface area contributed by atoms with E-state index in [1.807, 2.05) is 13.8 Å². The second kappa shape index (κ2) is 6.13. The third-order valence-corrected chi connectivity index (χ3v) is 4.39. The van der Waals surface area contributed by atoms with Gasteiger partial charge in [-0.25, -0.2) is 4.68 Å². The molecule has 2 aromatic rings. The largest absolute Gasteiger partial charge is 0.289 e. The van der Waals surface area contributed by atoms with E-state index in [1.54, 1.807) is 25.3 Å². The highest BCUT2D eigenvalue weighted by Gasteiger charge is 2.17. The molecule has 8 heteroatoms. The van der Waals surface area contributed by atoms with E-state index < -0.39 is 10.8 Å². The predicted octanol–water partition coefficient (Wildman–Crippen LogP) is 1.30. The molecule has 0 saturated heterocycles. The highest BCUT2D eigenvalue weighted by atomic mass is 32.2. The lowest BCUT2D eigenvalue weighted by molar-refractivity contribution is 0.102. The first-order valence-electron chi connectivity index (χ1n) is 6.46. The third kappa shape index (κ3) is 2.99. The van der Waals surface area contributed by atoms with Gasteiger partial charge in [0.15, 0.2) is 0 Å². The lowest BCUT2D eigenvalue weighted by Gasteiger charge is -2.12. The fourth-order valence-corrected chi connectivity index (χ4v) is 3.25. The minimum atomic E-state index is -1.15. The molecule has 112 valence electrons. The highest BCUT2D eigenvalue weighted by molar-refractivity contribution is 7.84. The molecule has 0 spiro atoms. The van der Waals surface area contributed by atoms with Crippen LogP contribution in [0.25, 0.3) is 0 Å². The first-order valence-corrected chi connectivity index (χ1v) is 8.02. The van der Waals surface area contributed by atoms with E-state index in [0.717, 1.165) is 5.56 Å². The van der Waals surface area contributed by atoms with Crippen LogP contribution in [0.4, 0.5) is 5.95 Å². The average Bonchev–Trinajstić information content (AvgIpc) is 2.85. The second-order valence-electron chi connectivity index (χ2n) is 4.61. The van der Waals surface area contributed by atoms with Crippen LogP contribution in [0.5, 0.6) is 0 Å². The van der Waals surface area contributed by atoms with E-state index in [1.165, 1.54) is 4.68 Å². The molecule has 21 heavy (non-hydrogen) atoms. The number of benzene rings is 1. The standard InChI is InChI=1S/C13H17N5O2S/c1-5-18-13(15-16-17-18)14-12(19)10-7-6-8(2)11(9(10)3)21(4)20/h6-7H,5H2,1-4H3,(H,14,15,17,19)/t21-/m1/s1. The summed E-state index contributed by atoms with van der Waals surface area (Å²) >= 11 is 0. The SMILES string of the molecule is CCn1nnnc1NC(=O)c1ccc(C)c([S@@](C)=O)c1C. The quantitative estimate of drug-likeness (QED) is 0.919. The van der Waals surface area contributed by atoms with E-state index in [2.05, 4.69) is 20.8 Å². The monoisotopic (exact) mass is 307 g/mol. The Morgan fingerprint density at radius 2 is 2.10 bits per heavy atom. The van der Waals surface area contributed by atoms with Gasteiger partial charge in [-0.3, -0.25) is 14.3 Å². The molecule has 1 aromatic heterocycles. The lowest BCUT2D eigenvalue weighted by Crippen LogP contribution is -2.18. The van der Waals surface area contributed by atoms with Crippen molar-refractivity contribution in [2.75, 3.05) is 11.6 Å². The molecule has 1 N–H and O–H groups in total. The Morgan fingerprint density at radius 3 is 2.71 bits per heavy atom. The Hall–Kier alpha value is -2.09. The fourth-order valence-electron chi connectivity index (χ4n) is 2.19. The maximum atomic E-state index is 12.4. The predicted molar refractivity (Wildman–Crippen MR) is 79.7 cm³/mol. The molecule has 0 unspecified atom stereocenters. The van der Waals surface area contributed by atoms with Gasteiger partial charge in [-0.05, 0) is 48.4 Å². The maximum Gasteiger partial charge on any atom is 0.258 e. The molecular weight excluding hydrogens is 290 g/mol. The molecule has 0 aliphatic heterocycles. The summed E-state index contributed by atoms with van der Waals surface area (Å²) in [5.41, 5.74) is 2.09. The lowest BCUT2D eigenvalue weighted by atomic mass is 10.1. The number of hydrogen-bond donors (Lipinski definition) is 1. The van der Waals surface area contributed by atoms with Gasteiger partial charge in [0.2, 0.25) is 5.95 Å². The maximum absolute atomic E-state index is 12.4. The Morgan fingerprint density at radius 1 is 1.38 bits per heavy atom. The van der Waals surface area contributed by atoms with E-state index in [4.69, 9.17) is 0 Å². The van der Waals surface area contributed by atoms with E-state index in [9.17, 15) is 9.00 Å². The van der Waals surface area contributed by atoms with Crippen molar-refractivity contribution in [3.63, 3.8) is 0 Å². The van der Waals surface area contributed by atoms with Crippen molar-refractivity contribution in [1.82, 2.24) is 20.2 Å². The van der Waals surface area contributed by atoms with E-state index in [0.29, 0.717) is 28.5 Å². The van der Waals surface area contributed by atoms with E-state index in [-0.39, 0.29) is 5.91 Å². The molecule has 1 aromatic carbocycles. The van der Waals surface area contributed by atoms with Crippen LogP contribution in [0.15, 0.2) is 17.0 Å². The van der Waals surface area contributed by atoms with Crippen LogP contribution in [0.1, 0.15) is 28.4 Å². The number of anilines is 1. The van der Waals surface area contributed by atoms with Gasteiger partial charge in [0.1, 0.15) is 0 Å². The first kappa shape index (κ1) is 15.3. The van der Waals surface area contributed by atoms with Gasteiger partial charge < -0.3 is 0 Å². The summed E-state index contributed by atoms with van der Waals surface area (Å²) in [6, 6.07) is 3.51. The summed E-state index contributed by atoms with van der Waals surface area (Å²) in [6.45, 7) is 6.10. The Kier molecular flexibility index (Phi) is 4.46. The molecule has 0 fully saturated rings. The smallest absolute Gasteiger partial charge is 0.258 e. The number of carbonyl (C=O) groups is 1. The molecule has 7 nitrogen and oxygen atoms in total. The van der Waals surface area contributed by atoms with Crippen LogP contribution in [-0.4, -0.2) is 36.6 Å². The number of amides is 1. The highest BCUT2D eigenvalue weighted by Crippen LogP contribution is 2.22. The number of nitrogens with one attached hydrogen (secondary N) is 1. The average molecular weight is 307 g/mol. The summed E-state index contributed by atoms with van der Waals surface area (Å²) in [4.78, 5) is 13.1. The third-order valence-electron chi connectivity index (χ3n) is 3.19. The normalized spacial score (nSPS) is 12.2. The zero-order valence-electron chi connectivity index (χ0n) is 12.4. The molecule has 1 atom stereocenters. The van der Waals surface area contributed by atoms with Crippen LogP contribution >= 0.6 is 0 Å². The van der Waals surface area contributed by atoms with Crippen molar-refractivity contribution in [2.45, 2.75) is 32.2 Å². The molecule has 1 amide bonds. The molecular formula is C13H17N5O2S. The number of tetrazole rings is 1. The second-order valence-corrected chi connectivity index (χ2v) is 5.93. The summed E-state index contributed by atoms with van der Waals surface area (Å²) in [7, 11) is -1.15. The van der Waals surface area contributed by atoms with E-state index >= 15 is 0 Å². The van der Waals surface area contributed by atoms with Crippen LogP contribution in [-0.2, 0) is 17.3 Å². The minimum Gasteiger partial charge on any atom is -0.289 e. The molecule has 1 heterocycles. The molecule has 0 aliphatic carbocycles. The number of aryl methyl sites for hydroxylation is 2. The van der Waals surface area contributed by atoms with Crippen LogP contribution in [0.2, 0.25) is 0 Å². The van der Waals surface area contributed by atoms with Gasteiger partial charge in [-0.1, -0.05) is 11.2 Å². The molecule has 0 saturated carbocycles. The number of nitrogens with zero attached hydrogens (tertiary/aromatic N) is 4. The van der Waals surface area contributed by atoms with Gasteiger partial charge >= 0.3 is 0 Å². The van der Waals surface area contributed by atoms with Gasteiger partial charge in [-0.15, -0.1) is 0 Å². The van der Waals surface area contributed by atoms with Crippen LogP contribution in [0.3, 0.4) is 0 Å². The number of aromatic nitrogens is 4. The first-order chi connectivity index (χ1) is 9.95. The van der Waals surface area contributed by atoms with Crippen LogP contribution < -0.4 is 5.32 Å². The minimum absolute atomic E-state index is 0.293. The number of hydrogen-bond acceptors (Lipinski definition) is 5. The topological polar surface area (TPSA) is 89.8 Å². The van der Waals surface area contributed by atoms with Crippen molar-refractivity contribution in [2.24, 2.45) is 0 Å². The fraction of sp³-hybridized carbons (Fsp3) is 0.385. The summed E-state index contributed by atoms with van der Waals surface area (Å²) in [5.74, 6) is -0.0228. The van der Waals surface area contributed by atoms with Crippen molar-refractivity contribution in [3.8, 4) is 0 Å². The summed E-state index contributed by atoms with van der Waals surface area (Å²) < 4.78 is 13.3. The Labute approximate surface area is 125 Å². The zero-order valence-corrected chi connectivity index (χ0v) is 13.2. The molecule has 0 radical (unpaired) electrons. The Balaban J connectivity index is 2.36. The summed E-state index contributed by atoms with van der Waals surface area (Å²) in [5, 5.41) is 13.7. The van der Waals surface area contributed by atoms with Gasteiger partial charge in [0.05, 0.1) is 10.8 Å². The molecule has 0 bridgehead atoms. The molecule has 2 rings (SSSR count). The Bertz CT molecular complexity index is 711.